The minimum Gasteiger partial charge on any atom is -0.481 e. The third kappa shape index (κ3) is 7.17. The zero-order chi connectivity index (χ0) is 13.4. The highest BCUT2D eigenvalue weighted by Crippen LogP contribution is 2.43. The minimum absolute atomic E-state index is 0.279. The van der Waals surface area contributed by atoms with Crippen LogP contribution in [0.2, 0.25) is 0 Å². The SMILES string of the molecule is CC(C)C#CCC1CC1C/C=C/CCCC(=O)O. The van der Waals surface area contributed by atoms with Crippen molar-refractivity contribution in [3.05, 3.63) is 12.2 Å². The van der Waals surface area contributed by atoms with Crippen LogP contribution in [-0.4, -0.2) is 11.1 Å². The maximum Gasteiger partial charge on any atom is 0.303 e. The Morgan fingerprint density at radius 2 is 2.17 bits per heavy atom. The van der Waals surface area contributed by atoms with E-state index in [4.69, 9.17) is 5.11 Å². The lowest BCUT2D eigenvalue weighted by molar-refractivity contribution is -0.137. The smallest absolute Gasteiger partial charge is 0.303 e. The maximum absolute atomic E-state index is 10.3. The van der Waals surface area contributed by atoms with Gasteiger partial charge in [-0.15, -0.1) is 11.8 Å². The van der Waals surface area contributed by atoms with Crippen LogP contribution >= 0.6 is 0 Å². The second-order valence-corrected chi connectivity index (χ2v) is 5.43. The molecule has 100 valence electrons. The van der Waals surface area contributed by atoms with E-state index < -0.39 is 5.97 Å². The quantitative estimate of drug-likeness (QED) is 0.422. The number of unbranched alkanes of at least 4 members (excludes halogenated alkanes) is 1. The van der Waals surface area contributed by atoms with Gasteiger partial charge in [0.05, 0.1) is 0 Å². The van der Waals surface area contributed by atoms with Gasteiger partial charge in [-0.05, 0) is 37.5 Å². The van der Waals surface area contributed by atoms with Gasteiger partial charge in [-0.3, -0.25) is 4.79 Å². The third-order valence-electron chi connectivity index (χ3n) is 3.19. The van der Waals surface area contributed by atoms with Gasteiger partial charge < -0.3 is 5.11 Å². The van der Waals surface area contributed by atoms with E-state index in [0.717, 1.165) is 37.5 Å². The van der Waals surface area contributed by atoms with Gasteiger partial charge in [0.25, 0.3) is 0 Å². The molecule has 1 aliphatic rings. The third-order valence-corrected chi connectivity index (χ3v) is 3.19. The van der Waals surface area contributed by atoms with Gasteiger partial charge in [-0.25, -0.2) is 0 Å². The average molecular weight is 248 g/mol. The van der Waals surface area contributed by atoms with Crippen molar-refractivity contribution in [3.8, 4) is 11.8 Å². The number of carbonyl (C=O) groups is 1. The van der Waals surface area contributed by atoms with Crippen LogP contribution in [0.4, 0.5) is 0 Å². The first-order valence-electron chi connectivity index (χ1n) is 6.94. The number of rotatable bonds is 7. The van der Waals surface area contributed by atoms with E-state index in [1.807, 2.05) is 0 Å². The molecule has 0 bridgehead atoms. The summed E-state index contributed by atoms with van der Waals surface area (Å²) in [5.41, 5.74) is 0. The number of hydrogen-bond donors (Lipinski definition) is 1. The van der Waals surface area contributed by atoms with Gasteiger partial charge in [0.15, 0.2) is 0 Å². The van der Waals surface area contributed by atoms with Crippen LogP contribution in [0.3, 0.4) is 0 Å². The molecule has 1 aliphatic carbocycles. The van der Waals surface area contributed by atoms with E-state index in [-0.39, 0.29) is 6.42 Å². The molecule has 0 radical (unpaired) electrons. The van der Waals surface area contributed by atoms with Crippen LogP contribution < -0.4 is 0 Å². The minimum atomic E-state index is -0.700. The van der Waals surface area contributed by atoms with Crippen molar-refractivity contribution in [1.29, 1.82) is 0 Å². The number of carboxylic acids is 1. The summed E-state index contributed by atoms with van der Waals surface area (Å²) in [7, 11) is 0. The van der Waals surface area contributed by atoms with E-state index in [9.17, 15) is 4.79 Å². The monoisotopic (exact) mass is 248 g/mol. The van der Waals surface area contributed by atoms with Crippen LogP contribution in [0.25, 0.3) is 0 Å². The first kappa shape index (κ1) is 14.8. The lowest BCUT2D eigenvalue weighted by atomic mass is 10.1. The summed E-state index contributed by atoms with van der Waals surface area (Å²) in [5, 5.41) is 8.49. The fourth-order valence-electron chi connectivity index (χ4n) is 2.00. The van der Waals surface area contributed by atoms with Crippen LogP contribution in [0.15, 0.2) is 12.2 Å². The fourth-order valence-corrected chi connectivity index (χ4v) is 2.00. The van der Waals surface area contributed by atoms with Gasteiger partial charge in [0, 0.05) is 18.8 Å². The molecule has 0 spiro atoms. The summed E-state index contributed by atoms with van der Waals surface area (Å²) in [6.45, 7) is 4.24. The van der Waals surface area contributed by atoms with E-state index in [1.54, 1.807) is 0 Å². The van der Waals surface area contributed by atoms with Gasteiger partial charge in [-0.1, -0.05) is 26.0 Å². The molecule has 1 saturated carbocycles. The molecule has 0 aromatic rings. The van der Waals surface area contributed by atoms with E-state index in [1.165, 1.54) is 6.42 Å². The lowest BCUT2D eigenvalue weighted by Gasteiger charge is -1.93. The van der Waals surface area contributed by atoms with E-state index in [0.29, 0.717) is 5.92 Å². The Balaban J connectivity index is 2.01. The predicted molar refractivity (Wildman–Crippen MR) is 74.1 cm³/mol. The number of aliphatic carboxylic acids is 1. The number of hydrogen-bond acceptors (Lipinski definition) is 1. The van der Waals surface area contributed by atoms with Gasteiger partial charge >= 0.3 is 5.97 Å². The van der Waals surface area contributed by atoms with Crippen molar-refractivity contribution in [2.75, 3.05) is 0 Å². The van der Waals surface area contributed by atoms with Crippen molar-refractivity contribution in [2.24, 2.45) is 17.8 Å². The summed E-state index contributed by atoms with van der Waals surface area (Å²) < 4.78 is 0. The standard InChI is InChI=1S/C16H24O2/c1-13(2)8-7-10-15-12-14(15)9-5-3-4-6-11-16(17)18/h3,5,13-15H,4,6,9-12H2,1-2H3,(H,17,18)/b5-3+. The highest BCUT2D eigenvalue weighted by Gasteiger charge is 2.34. The average Bonchev–Trinajstić information content (AvgIpc) is 3.01. The van der Waals surface area contributed by atoms with Crippen molar-refractivity contribution in [3.63, 3.8) is 0 Å². The molecule has 1 rings (SSSR count). The summed E-state index contributed by atoms with van der Waals surface area (Å²) >= 11 is 0. The van der Waals surface area contributed by atoms with Crippen LogP contribution in [0, 0.1) is 29.6 Å². The second kappa shape index (κ2) is 7.97. The summed E-state index contributed by atoms with van der Waals surface area (Å²) in [4.78, 5) is 10.3. The first-order chi connectivity index (χ1) is 8.59. The Labute approximate surface area is 110 Å². The molecule has 0 aromatic heterocycles. The summed E-state index contributed by atoms with van der Waals surface area (Å²) in [6, 6.07) is 0. The second-order valence-electron chi connectivity index (χ2n) is 5.43. The normalized spacial score (nSPS) is 21.9. The molecular formula is C16H24O2. The van der Waals surface area contributed by atoms with Gasteiger partial charge in [0.2, 0.25) is 0 Å². The zero-order valence-electron chi connectivity index (χ0n) is 11.5. The van der Waals surface area contributed by atoms with Crippen molar-refractivity contribution < 1.29 is 9.90 Å². The topological polar surface area (TPSA) is 37.3 Å². The Hall–Kier alpha value is -1.23. The highest BCUT2D eigenvalue weighted by molar-refractivity contribution is 5.66. The highest BCUT2D eigenvalue weighted by atomic mass is 16.4. The van der Waals surface area contributed by atoms with Crippen molar-refractivity contribution in [1.82, 2.24) is 0 Å². The van der Waals surface area contributed by atoms with Crippen molar-refractivity contribution in [2.45, 2.75) is 52.4 Å². The molecule has 18 heavy (non-hydrogen) atoms. The summed E-state index contributed by atoms with van der Waals surface area (Å²) in [5.74, 6) is 7.88. The van der Waals surface area contributed by atoms with Crippen LogP contribution in [-0.2, 0) is 4.79 Å². The number of carboxylic acid groups (broad SMARTS) is 1. The molecule has 0 heterocycles. The molecule has 0 aliphatic heterocycles. The molecule has 2 atom stereocenters. The molecular weight excluding hydrogens is 224 g/mol. The summed E-state index contributed by atoms with van der Waals surface area (Å²) in [6.07, 6.45) is 9.75. The molecule has 1 N–H and O–H groups in total. The van der Waals surface area contributed by atoms with Crippen LogP contribution in [0.1, 0.15) is 52.4 Å². The molecule has 0 saturated heterocycles. The Kier molecular flexibility index (Phi) is 6.57. The Morgan fingerprint density at radius 1 is 1.39 bits per heavy atom. The maximum atomic E-state index is 10.3. The van der Waals surface area contributed by atoms with Gasteiger partial charge in [-0.2, -0.15) is 0 Å². The zero-order valence-corrected chi connectivity index (χ0v) is 11.5. The first-order valence-corrected chi connectivity index (χ1v) is 6.94. The molecule has 2 unspecified atom stereocenters. The molecule has 0 aromatic carbocycles. The fraction of sp³-hybridized carbons (Fsp3) is 0.688. The van der Waals surface area contributed by atoms with E-state index in [2.05, 4.69) is 37.8 Å². The molecule has 2 heteroatoms. The molecule has 1 fully saturated rings. The largest absolute Gasteiger partial charge is 0.481 e. The Bertz CT molecular complexity index is 344. The number of allylic oxidation sites excluding steroid dienone is 2. The molecule has 2 nitrogen and oxygen atoms in total. The lowest BCUT2D eigenvalue weighted by Crippen LogP contribution is -1.92. The van der Waals surface area contributed by atoms with Crippen molar-refractivity contribution >= 4 is 5.97 Å². The predicted octanol–water partition coefficient (Wildman–Crippen LogP) is 3.87. The molecule has 0 amide bonds. The van der Waals surface area contributed by atoms with Crippen LogP contribution in [0.5, 0.6) is 0 Å². The van der Waals surface area contributed by atoms with E-state index >= 15 is 0 Å². The Morgan fingerprint density at radius 3 is 2.83 bits per heavy atom. The van der Waals surface area contributed by atoms with Gasteiger partial charge in [0.1, 0.15) is 0 Å².